The van der Waals surface area contributed by atoms with Crippen molar-refractivity contribution in [1.29, 1.82) is 0 Å². The maximum Gasteiger partial charge on any atom is 0.0507 e. The lowest BCUT2D eigenvalue weighted by Gasteiger charge is -2.37. The molecular formula is C14H25BrN2O. The Labute approximate surface area is 119 Å². The molecule has 2 aliphatic heterocycles. The number of rotatable bonds is 5. The summed E-state index contributed by atoms with van der Waals surface area (Å²) in [6, 6.07) is 0.718. The van der Waals surface area contributed by atoms with E-state index in [9.17, 15) is 0 Å². The van der Waals surface area contributed by atoms with Gasteiger partial charge in [-0.2, -0.15) is 0 Å². The first-order chi connectivity index (χ1) is 8.65. The van der Waals surface area contributed by atoms with Gasteiger partial charge in [-0.15, -0.1) is 0 Å². The lowest BCUT2D eigenvalue weighted by molar-refractivity contribution is 0.115. The molecule has 0 bridgehead atoms. The van der Waals surface area contributed by atoms with Gasteiger partial charge in [0.15, 0.2) is 0 Å². The van der Waals surface area contributed by atoms with Crippen LogP contribution in [-0.2, 0) is 4.74 Å². The molecule has 0 saturated carbocycles. The second kappa shape index (κ2) is 7.04. The number of nitrogens with zero attached hydrogens (tertiary/aromatic N) is 2. The van der Waals surface area contributed by atoms with E-state index in [0.717, 1.165) is 36.2 Å². The van der Waals surface area contributed by atoms with E-state index in [1.54, 1.807) is 0 Å². The van der Waals surface area contributed by atoms with Gasteiger partial charge in [0.2, 0.25) is 0 Å². The van der Waals surface area contributed by atoms with Gasteiger partial charge in [-0.3, -0.25) is 4.90 Å². The maximum absolute atomic E-state index is 5.45. The van der Waals surface area contributed by atoms with Gasteiger partial charge in [0.05, 0.1) is 6.61 Å². The van der Waals surface area contributed by atoms with Gasteiger partial charge in [-0.05, 0) is 45.3 Å². The zero-order chi connectivity index (χ0) is 13.0. The largest absolute Gasteiger partial charge is 0.381 e. The summed E-state index contributed by atoms with van der Waals surface area (Å²) in [7, 11) is 2.21. The van der Waals surface area contributed by atoms with Crippen molar-refractivity contribution < 1.29 is 4.74 Å². The molecule has 1 atom stereocenters. The molecule has 0 aromatic carbocycles. The van der Waals surface area contributed by atoms with E-state index in [1.165, 1.54) is 38.9 Å². The molecule has 2 heterocycles. The smallest absolute Gasteiger partial charge is 0.0507 e. The first kappa shape index (κ1) is 14.5. The van der Waals surface area contributed by atoms with Crippen LogP contribution in [0, 0.1) is 5.92 Å². The highest BCUT2D eigenvalue weighted by atomic mass is 79.9. The van der Waals surface area contributed by atoms with Crippen LogP contribution in [0.4, 0.5) is 0 Å². The van der Waals surface area contributed by atoms with Crippen molar-refractivity contribution in [1.82, 2.24) is 9.80 Å². The topological polar surface area (TPSA) is 15.7 Å². The van der Waals surface area contributed by atoms with E-state index in [4.69, 9.17) is 4.74 Å². The summed E-state index contributed by atoms with van der Waals surface area (Å²) in [5.41, 5.74) is 0. The summed E-state index contributed by atoms with van der Waals surface area (Å²) in [5.74, 6) is 0.779. The minimum absolute atomic E-state index is 0.718. The van der Waals surface area contributed by atoms with Crippen molar-refractivity contribution in [3.63, 3.8) is 0 Å². The lowest BCUT2D eigenvalue weighted by Crippen LogP contribution is -2.45. The Bertz CT molecular complexity index is 271. The van der Waals surface area contributed by atoms with Gasteiger partial charge in [0.25, 0.3) is 0 Å². The molecule has 18 heavy (non-hydrogen) atoms. The van der Waals surface area contributed by atoms with Crippen LogP contribution in [0.1, 0.15) is 19.3 Å². The van der Waals surface area contributed by atoms with Crippen LogP contribution in [0.5, 0.6) is 0 Å². The maximum atomic E-state index is 5.45. The molecule has 0 N–H and O–H groups in total. The Morgan fingerprint density at radius 3 is 2.67 bits per heavy atom. The molecule has 0 aromatic rings. The molecule has 4 heteroatoms. The van der Waals surface area contributed by atoms with Crippen molar-refractivity contribution in [2.24, 2.45) is 5.92 Å². The minimum atomic E-state index is 0.718. The SMILES string of the molecule is C=C(Br)CN(C)C1CCN(C[C@H]2CCOC2)CC1. The summed E-state index contributed by atoms with van der Waals surface area (Å²) >= 11 is 3.45. The highest BCUT2D eigenvalue weighted by Crippen LogP contribution is 2.20. The van der Waals surface area contributed by atoms with Crippen molar-refractivity contribution in [3.05, 3.63) is 11.1 Å². The lowest BCUT2D eigenvalue weighted by atomic mass is 10.0. The molecule has 0 aromatic heterocycles. The van der Waals surface area contributed by atoms with Crippen LogP contribution >= 0.6 is 15.9 Å². The predicted octanol–water partition coefficient (Wildman–Crippen LogP) is 2.33. The molecule has 0 unspecified atom stereocenters. The van der Waals surface area contributed by atoms with Crippen LogP contribution in [0.25, 0.3) is 0 Å². The summed E-state index contributed by atoms with van der Waals surface area (Å²) in [6.07, 6.45) is 3.82. The van der Waals surface area contributed by atoms with Gasteiger partial charge in [-0.1, -0.05) is 22.5 Å². The van der Waals surface area contributed by atoms with Crippen molar-refractivity contribution in [3.8, 4) is 0 Å². The predicted molar refractivity (Wildman–Crippen MR) is 79.1 cm³/mol. The first-order valence-electron chi connectivity index (χ1n) is 6.99. The Morgan fingerprint density at radius 1 is 1.39 bits per heavy atom. The average molecular weight is 317 g/mol. The standard InChI is InChI=1S/C14H25BrN2O/c1-12(15)9-16(2)14-3-6-17(7-4-14)10-13-5-8-18-11-13/h13-14H,1,3-11H2,2H3/t13-/m1/s1. The van der Waals surface area contributed by atoms with Crippen LogP contribution < -0.4 is 0 Å². The third-order valence-corrected chi connectivity index (χ3v) is 4.39. The molecule has 104 valence electrons. The third-order valence-electron chi connectivity index (χ3n) is 4.14. The number of likely N-dealkylation sites (tertiary alicyclic amines) is 1. The van der Waals surface area contributed by atoms with E-state index in [2.05, 4.69) is 39.4 Å². The molecule has 0 aliphatic carbocycles. The summed E-state index contributed by atoms with van der Waals surface area (Å²) in [6.45, 7) is 10.5. The van der Waals surface area contributed by atoms with E-state index in [1.807, 2.05) is 0 Å². The minimum Gasteiger partial charge on any atom is -0.381 e. The van der Waals surface area contributed by atoms with Gasteiger partial charge in [0, 0.05) is 30.2 Å². The van der Waals surface area contributed by atoms with E-state index >= 15 is 0 Å². The monoisotopic (exact) mass is 316 g/mol. The van der Waals surface area contributed by atoms with Gasteiger partial charge >= 0.3 is 0 Å². The fourth-order valence-corrected chi connectivity index (χ4v) is 3.43. The zero-order valence-corrected chi connectivity index (χ0v) is 13.0. The van der Waals surface area contributed by atoms with Crippen LogP contribution in [0.3, 0.4) is 0 Å². The first-order valence-corrected chi connectivity index (χ1v) is 7.78. The molecule has 2 rings (SSSR count). The molecule has 2 fully saturated rings. The number of likely N-dealkylation sites (N-methyl/N-ethyl adjacent to an activating group) is 1. The van der Waals surface area contributed by atoms with E-state index in [-0.39, 0.29) is 0 Å². The Balaban J connectivity index is 1.68. The molecular weight excluding hydrogens is 292 g/mol. The van der Waals surface area contributed by atoms with Crippen LogP contribution in [0.2, 0.25) is 0 Å². The third kappa shape index (κ3) is 4.34. The highest BCUT2D eigenvalue weighted by molar-refractivity contribution is 9.11. The van der Waals surface area contributed by atoms with Gasteiger partial charge < -0.3 is 9.64 Å². The number of hydrogen-bond donors (Lipinski definition) is 0. The fourth-order valence-electron chi connectivity index (χ4n) is 3.03. The highest BCUT2D eigenvalue weighted by Gasteiger charge is 2.25. The summed E-state index contributed by atoms with van der Waals surface area (Å²) in [4.78, 5) is 5.04. The molecule has 0 radical (unpaired) electrons. The molecule has 2 aliphatic rings. The van der Waals surface area contributed by atoms with Gasteiger partial charge in [-0.25, -0.2) is 0 Å². The summed E-state index contributed by atoms with van der Waals surface area (Å²) < 4.78 is 6.53. The van der Waals surface area contributed by atoms with Crippen LogP contribution in [-0.4, -0.2) is 62.3 Å². The quantitative estimate of drug-likeness (QED) is 0.774. The second-order valence-electron chi connectivity index (χ2n) is 5.69. The van der Waals surface area contributed by atoms with E-state index in [0.29, 0.717) is 0 Å². The Hall–Kier alpha value is 0.1000. The molecule has 2 saturated heterocycles. The van der Waals surface area contributed by atoms with Gasteiger partial charge in [0.1, 0.15) is 0 Å². The van der Waals surface area contributed by atoms with E-state index < -0.39 is 0 Å². The number of piperidine rings is 1. The molecule has 3 nitrogen and oxygen atoms in total. The zero-order valence-electron chi connectivity index (χ0n) is 11.4. The molecule has 0 amide bonds. The summed E-state index contributed by atoms with van der Waals surface area (Å²) in [5, 5.41) is 0. The Kier molecular flexibility index (Phi) is 5.67. The van der Waals surface area contributed by atoms with Crippen molar-refractivity contribution in [2.45, 2.75) is 25.3 Å². The number of ether oxygens (including phenoxy) is 1. The second-order valence-corrected chi connectivity index (χ2v) is 6.82. The Morgan fingerprint density at radius 2 is 2.11 bits per heavy atom. The molecule has 0 spiro atoms. The van der Waals surface area contributed by atoms with Crippen molar-refractivity contribution in [2.75, 3.05) is 46.4 Å². The fraction of sp³-hybridized carbons (Fsp3) is 0.857. The number of halogens is 1. The normalized spacial score (nSPS) is 26.9. The average Bonchev–Trinajstić information content (AvgIpc) is 2.82. The van der Waals surface area contributed by atoms with Crippen LogP contribution in [0.15, 0.2) is 11.1 Å². The number of hydrogen-bond acceptors (Lipinski definition) is 3. The van der Waals surface area contributed by atoms with Crippen molar-refractivity contribution >= 4 is 15.9 Å².